The number of carbonyl (C=O) groups excluding carboxylic acids is 2. The van der Waals surface area contributed by atoms with Gasteiger partial charge in [0.15, 0.2) is 0 Å². The van der Waals surface area contributed by atoms with Crippen molar-refractivity contribution in [2.75, 3.05) is 7.11 Å². The minimum Gasteiger partial charge on any atom is -0.497 e. The topological polar surface area (TPSA) is 58.6 Å². The summed E-state index contributed by atoms with van der Waals surface area (Å²) in [5, 5.41) is 3.11. The number of nitrogens with zero attached hydrogens (tertiary/aromatic N) is 1. The molecule has 5 nitrogen and oxygen atoms in total. The first-order valence-corrected chi connectivity index (χ1v) is 12.2. The van der Waals surface area contributed by atoms with Crippen molar-refractivity contribution in [1.29, 1.82) is 0 Å². The van der Waals surface area contributed by atoms with Crippen molar-refractivity contribution >= 4 is 11.8 Å². The van der Waals surface area contributed by atoms with Gasteiger partial charge in [-0.1, -0.05) is 79.2 Å². The summed E-state index contributed by atoms with van der Waals surface area (Å²) in [5.74, 6) is 0.530. The fourth-order valence-corrected chi connectivity index (χ4v) is 3.90. The fourth-order valence-electron chi connectivity index (χ4n) is 3.90. The van der Waals surface area contributed by atoms with Gasteiger partial charge < -0.3 is 15.0 Å². The van der Waals surface area contributed by atoms with Crippen LogP contribution in [0, 0.1) is 6.92 Å². The van der Waals surface area contributed by atoms with Crippen molar-refractivity contribution in [1.82, 2.24) is 10.2 Å². The molecule has 3 rings (SSSR count). The van der Waals surface area contributed by atoms with Gasteiger partial charge in [0.05, 0.1) is 13.5 Å². The average Bonchev–Trinajstić information content (AvgIpc) is 2.88. The lowest BCUT2D eigenvalue weighted by molar-refractivity contribution is -0.141. The zero-order valence-electron chi connectivity index (χ0n) is 21.2. The minimum atomic E-state index is -0.626. The number of aryl methyl sites for hydroxylation is 1. The van der Waals surface area contributed by atoms with Gasteiger partial charge in [0, 0.05) is 19.0 Å². The molecule has 0 heterocycles. The quantitative estimate of drug-likeness (QED) is 0.422. The number of hydrogen-bond donors (Lipinski definition) is 1. The maximum Gasteiger partial charge on any atom is 0.243 e. The summed E-state index contributed by atoms with van der Waals surface area (Å²) in [7, 11) is 1.62. The smallest absolute Gasteiger partial charge is 0.243 e. The molecule has 0 aromatic heterocycles. The van der Waals surface area contributed by atoms with E-state index in [-0.39, 0.29) is 24.3 Å². The van der Waals surface area contributed by atoms with Crippen molar-refractivity contribution in [2.24, 2.45) is 0 Å². The molecule has 0 bridgehead atoms. The van der Waals surface area contributed by atoms with Crippen LogP contribution in [0.2, 0.25) is 0 Å². The van der Waals surface area contributed by atoms with Crippen LogP contribution in [0.15, 0.2) is 78.9 Å². The first kappa shape index (κ1) is 26.0. The number of benzene rings is 3. The molecule has 3 aromatic rings. The van der Waals surface area contributed by atoms with Crippen LogP contribution < -0.4 is 10.1 Å². The van der Waals surface area contributed by atoms with Crippen LogP contribution in [0.5, 0.6) is 5.75 Å². The molecular formula is C30H36N2O3. The Kier molecular flexibility index (Phi) is 9.47. The summed E-state index contributed by atoms with van der Waals surface area (Å²) in [5.41, 5.74) is 4.04. The van der Waals surface area contributed by atoms with Gasteiger partial charge in [0.25, 0.3) is 0 Å². The highest BCUT2D eigenvalue weighted by atomic mass is 16.5. The molecule has 0 radical (unpaired) electrons. The largest absolute Gasteiger partial charge is 0.497 e. The number of methoxy groups -OCH3 is 1. The van der Waals surface area contributed by atoms with E-state index in [2.05, 4.69) is 5.32 Å². The van der Waals surface area contributed by atoms with Crippen LogP contribution in [0.4, 0.5) is 0 Å². The second-order valence-corrected chi connectivity index (χ2v) is 9.06. The van der Waals surface area contributed by atoms with Gasteiger partial charge >= 0.3 is 0 Å². The molecule has 0 saturated heterocycles. The zero-order chi connectivity index (χ0) is 25.2. The van der Waals surface area contributed by atoms with Crippen LogP contribution in [0.3, 0.4) is 0 Å². The van der Waals surface area contributed by atoms with Gasteiger partial charge in [-0.3, -0.25) is 9.59 Å². The van der Waals surface area contributed by atoms with Crippen LogP contribution >= 0.6 is 0 Å². The summed E-state index contributed by atoms with van der Waals surface area (Å²) < 4.78 is 5.25. The summed E-state index contributed by atoms with van der Waals surface area (Å²) in [6.07, 6.45) is 1.47. The normalized spacial score (nSPS) is 12.5. The van der Waals surface area contributed by atoms with E-state index in [0.717, 1.165) is 34.4 Å². The highest BCUT2D eigenvalue weighted by Gasteiger charge is 2.31. The van der Waals surface area contributed by atoms with E-state index in [4.69, 9.17) is 4.74 Å². The number of nitrogens with one attached hydrogen (secondary N) is 1. The molecule has 184 valence electrons. The summed E-state index contributed by atoms with van der Waals surface area (Å²) in [6, 6.07) is 24.9. The Morgan fingerprint density at radius 3 is 2.11 bits per heavy atom. The summed E-state index contributed by atoms with van der Waals surface area (Å²) >= 11 is 0. The molecule has 0 aliphatic rings. The average molecular weight is 473 g/mol. The number of amides is 2. The highest BCUT2D eigenvalue weighted by Crippen LogP contribution is 2.18. The number of hydrogen-bond acceptors (Lipinski definition) is 3. The number of ether oxygens (including phenoxy) is 1. The van der Waals surface area contributed by atoms with Crippen molar-refractivity contribution < 1.29 is 14.3 Å². The Hall–Kier alpha value is -3.60. The standard InChI is InChI=1S/C30H36N2O3/c1-5-23(3)31-30(34)28(19-24-9-7-6-8-10-24)32(21-26-13-11-22(2)12-14-26)29(33)20-25-15-17-27(35-4)18-16-25/h6-18,23,28H,5,19-21H2,1-4H3,(H,31,34)/t23-,28+/m1/s1. The summed E-state index contributed by atoms with van der Waals surface area (Å²) in [4.78, 5) is 29.0. The molecule has 1 N–H and O–H groups in total. The third kappa shape index (κ3) is 7.71. The van der Waals surface area contributed by atoms with Crippen LogP contribution in [0.25, 0.3) is 0 Å². The molecule has 2 atom stereocenters. The van der Waals surface area contributed by atoms with Crippen molar-refractivity contribution in [3.05, 3.63) is 101 Å². The van der Waals surface area contributed by atoms with Crippen molar-refractivity contribution in [3.63, 3.8) is 0 Å². The summed E-state index contributed by atoms with van der Waals surface area (Å²) in [6.45, 7) is 6.42. The number of rotatable bonds is 11. The lowest BCUT2D eigenvalue weighted by Crippen LogP contribution is -2.52. The lowest BCUT2D eigenvalue weighted by Gasteiger charge is -2.32. The second kappa shape index (κ2) is 12.7. The maximum absolute atomic E-state index is 13.7. The van der Waals surface area contributed by atoms with E-state index >= 15 is 0 Å². The Balaban J connectivity index is 1.94. The molecule has 3 aromatic carbocycles. The first-order valence-electron chi connectivity index (χ1n) is 12.2. The van der Waals surface area contributed by atoms with Gasteiger partial charge in [0.1, 0.15) is 11.8 Å². The lowest BCUT2D eigenvalue weighted by atomic mass is 10.0. The van der Waals surface area contributed by atoms with E-state index in [0.29, 0.717) is 13.0 Å². The molecule has 5 heteroatoms. The van der Waals surface area contributed by atoms with Gasteiger partial charge in [-0.15, -0.1) is 0 Å². The first-order chi connectivity index (χ1) is 16.9. The Morgan fingerprint density at radius 1 is 0.886 bits per heavy atom. The monoisotopic (exact) mass is 472 g/mol. The van der Waals surface area contributed by atoms with Gasteiger partial charge in [-0.25, -0.2) is 0 Å². The van der Waals surface area contributed by atoms with Gasteiger partial charge in [0.2, 0.25) is 11.8 Å². The zero-order valence-corrected chi connectivity index (χ0v) is 21.2. The predicted octanol–water partition coefficient (Wildman–Crippen LogP) is 5.10. The highest BCUT2D eigenvalue weighted by molar-refractivity contribution is 5.89. The van der Waals surface area contributed by atoms with Crippen LogP contribution in [0.1, 0.15) is 42.5 Å². The Labute approximate surface area is 209 Å². The van der Waals surface area contributed by atoms with Crippen LogP contribution in [-0.2, 0) is 29.0 Å². The molecule has 0 saturated carbocycles. The molecule has 2 amide bonds. The SMILES string of the molecule is CC[C@@H](C)NC(=O)[C@H](Cc1ccccc1)N(Cc1ccc(C)cc1)C(=O)Cc1ccc(OC)cc1. The van der Waals surface area contributed by atoms with E-state index in [1.807, 2.05) is 99.6 Å². The fraction of sp³-hybridized carbons (Fsp3) is 0.333. The third-order valence-electron chi connectivity index (χ3n) is 6.26. The second-order valence-electron chi connectivity index (χ2n) is 9.06. The maximum atomic E-state index is 13.7. The molecular weight excluding hydrogens is 436 g/mol. The Morgan fingerprint density at radius 2 is 1.51 bits per heavy atom. The predicted molar refractivity (Wildman–Crippen MR) is 140 cm³/mol. The van der Waals surface area contributed by atoms with Crippen molar-refractivity contribution in [3.8, 4) is 5.75 Å². The molecule has 35 heavy (non-hydrogen) atoms. The third-order valence-corrected chi connectivity index (χ3v) is 6.26. The van der Waals surface area contributed by atoms with Crippen LogP contribution in [-0.4, -0.2) is 35.9 Å². The molecule has 0 fully saturated rings. The molecule has 0 unspecified atom stereocenters. The molecule has 0 spiro atoms. The van der Waals surface area contributed by atoms with Gasteiger partial charge in [-0.05, 0) is 49.1 Å². The minimum absolute atomic E-state index is 0.0266. The molecule has 0 aliphatic carbocycles. The Bertz CT molecular complexity index is 1080. The molecule has 0 aliphatic heterocycles. The number of carbonyl (C=O) groups is 2. The van der Waals surface area contributed by atoms with Gasteiger partial charge in [-0.2, -0.15) is 0 Å². The van der Waals surface area contributed by atoms with Crippen molar-refractivity contribution in [2.45, 2.75) is 58.7 Å². The van der Waals surface area contributed by atoms with E-state index in [9.17, 15) is 9.59 Å². The van der Waals surface area contributed by atoms with E-state index < -0.39 is 6.04 Å². The van der Waals surface area contributed by atoms with E-state index in [1.165, 1.54) is 0 Å². The van der Waals surface area contributed by atoms with E-state index in [1.54, 1.807) is 12.0 Å².